The fourth-order valence-corrected chi connectivity index (χ4v) is 3.73. The highest BCUT2D eigenvalue weighted by molar-refractivity contribution is 4.92. The number of hydrogen-bond donors (Lipinski definition) is 1. The maximum atomic E-state index is 6.44. The number of fused-ring (bicyclic) bond motifs is 1. The number of nitrogens with zero attached hydrogens (tertiary/aromatic N) is 1. The molecule has 3 aliphatic rings. The fraction of sp³-hybridized carbons (Fsp3) is 1.00. The molecule has 1 heterocycles. The van der Waals surface area contributed by atoms with E-state index in [0.29, 0.717) is 12.1 Å². The zero-order valence-electron chi connectivity index (χ0n) is 10.4. The van der Waals surface area contributed by atoms with Crippen molar-refractivity contribution in [2.75, 3.05) is 7.05 Å². The van der Waals surface area contributed by atoms with Crippen molar-refractivity contribution in [2.45, 2.75) is 75.7 Å². The molecule has 0 radical (unpaired) electrons. The molecule has 3 fully saturated rings. The predicted octanol–water partition coefficient (Wildman–Crippen LogP) is 2.42. The van der Waals surface area contributed by atoms with Crippen molar-refractivity contribution in [3.05, 3.63) is 0 Å². The molecular weight excluding hydrogens is 200 g/mol. The zero-order chi connectivity index (χ0) is 11.0. The molecule has 1 N–H and O–H groups in total. The van der Waals surface area contributed by atoms with E-state index >= 15 is 0 Å². The second-order valence-corrected chi connectivity index (χ2v) is 5.79. The van der Waals surface area contributed by atoms with Gasteiger partial charge >= 0.3 is 0 Å². The van der Waals surface area contributed by atoms with Gasteiger partial charge in [-0.2, -0.15) is 0 Å². The van der Waals surface area contributed by atoms with Crippen LogP contribution in [0.3, 0.4) is 0 Å². The molecular formula is C13H24N2O. The van der Waals surface area contributed by atoms with Crippen LogP contribution in [0.5, 0.6) is 0 Å². The molecule has 1 saturated heterocycles. The Morgan fingerprint density at radius 1 is 1.06 bits per heavy atom. The normalized spacial score (nSPS) is 39.6. The van der Waals surface area contributed by atoms with Gasteiger partial charge < -0.3 is 4.74 Å². The number of rotatable bonds is 0. The van der Waals surface area contributed by atoms with Gasteiger partial charge in [-0.15, -0.1) is 0 Å². The molecule has 2 atom stereocenters. The van der Waals surface area contributed by atoms with E-state index in [0.717, 1.165) is 0 Å². The molecule has 0 aromatic heterocycles. The fourth-order valence-electron chi connectivity index (χ4n) is 3.73. The summed E-state index contributed by atoms with van der Waals surface area (Å²) in [4.78, 5) is 0. The van der Waals surface area contributed by atoms with Gasteiger partial charge in [0.15, 0.2) is 0 Å². The van der Waals surface area contributed by atoms with Gasteiger partial charge in [0.05, 0.1) is 12.1 Å². The van der Waals surface area contributed by atoms with Gasteiger partial charge in [0.1, 0.15) is 5.72 Å². The van der Waals surface area contributed by atoms with Gasteiger partial charge in [-0.3, -0.25) is 0 Å². The van der Waals surface area contributed by atoms with Crippen LogP contribution in [0.1, 0.15) is 57.8 Å². The first-order valence-electron chi connectivity index (χ1n) is 6.98. The number of ether oxygens (including phenoxy) is 1. The SMILES string of the molecule is CN1NC2(CCCCC2)OC2CCCCC21. The highest BCUT2D eigenvalue weighted by Gasteiger charge is 2.45. The lowest BCUT2D eigenvalue weighted by Crippen LogP contribution is -2.68. The molecule has 0 aromatic rings. The Kier molecular flexibility index (Phi) is 2.94. The molecule has 0 bridgehead atoms. The maximum absolute atomic E-state index is 6.44. The molecule has 1 spiro atoms. The lowest BCUT2D eigenvalue weighted by atomic mass is 9.87. The summed E-state index contributed by atoms with van der Waals surface area (Å²) in [5.74, 6) is 0. The van der Waals surface area contributed by atoms with Crippen LogP contribution in [0.2, 0.25) is 0 Å². The second-order valence-electron chi connectivity index (χ2n) is 5.79. The minimum Gasteiger partial charge on any atom is -0.354 e. The monoisotopic (exact) mass is 224 g/mol. The predicted molar refractivity (Wildman–Crippen MR) is 63.8 cm³/mol. The molecule has 0 amide bonds. The van der Waals surface area contributed by atoms with E-state index in [1.54, 1.807) is 0 Å². The molecule has 92 valence electrons. The number of likely N-dealkylation sites (N-methyl/N-ethyl adjacent to an activating group) is 1. The van der Waals surface area contributed by atoms with E-state index in [9.17, 15) is 0 Å². The third kappa shape index (κ3) is 1.89. The van der Waals surface area contributed by atoms with Gasteiger partial charge in [-0.25, -0.2) is 10.4 Å². The Labute approximate surface area is 98.5 Å². The summed E-state index contributed by atoms with van der Waals surface area (Å²) in [5.41, 5.74) is 3.63. The Balaban J connectivity index is 1.74. The second kappa shape index (κ2) is 4.28. The van der Waals surface area contributed by atoms with Crippen LogP contribution >= 0.6 is 0 Å². The van der Waals surface area contributed by atoms with Crippen LogP contribution < -0.4 is 5.43 Å². The summed E-state index contributed by atoms with van der Waals surface area (Å²) in [6, 6.07) is 0.612. The molecule has 3 nitrogen and oxygen atoms in total. The standard InChI is InChI=1S/C13H24N2O/c1-15-11-7-3-4-8-12(11)16-13(14-15)9-5-2-6-10-13/h11-12,14H,2-10H2,1H3. The van der Waals surface area contributed by atoms with Gasteiger partial charge in [0, 0.05) is 7.05 Å². The van der Waals surface area contributed by atoms with E-state index in [1.807, 2.05) is 0 Å². The molecule has 0 aromatic carbocycles. The summed E-state index contributed by atoms with van der Waals surface area (Å²) in [6.07, 6.45) is 12.2. The minimum absolute atomic E-state index is 0.00843. The molecule has 3 heteroatoms. The molecule has 2 saturated carbocycles. The number of hydrogen-bond acceptors (Lipinski definition) is 3. The summed E-state index contributed by atoms with van der Waals surface area (Å²) >= 11 is 0. The minimum atomic E-state index is -0.00843. The molecule has 3 rings (SSSR count). The van der Waals surface area contributed by atoms with Crippen LogP contribution in [-0.4, -0.2) is 29.9 Å². The lowest BCUT2D eigenvalue weighted by Gasteiger charge is -2.53. The first-order valence-corrected chi connectivity index (χ1v) is 6.98. The van der Waals surface area contributed by atoms with Crippen LogP contribution in [0.4, 0.5) is 0 Å². The van der Waals surface area contributed by atoms with E-state index in [2.05, 4.69) is 17.5 Å². The molecule has 16 heavy (non-hydrogen) atoms. The molecule has 1 aliphatic heterocycles. The van der Waals surface area contributed by atoms with Gasteiger partial charge in [0.25, 0.3) is 0 Å². The molecule has 2 aliphatic carbocycles. The maximum Gasteiger partial charge on any atom is 0.132 e. The van der Waals surface area contributed by atoms with Gasteiger partial charge in [-0.05, 0) is 38.5 Å². The quantitative estimate of drug-likeness (QED) is 0.684. The molecule has 2 unspecified atom stereocenters. The van der Waals surface area contributed by atoms with Crippen molar-refractivity contribution < 1.29 is 4.74 Å². The third-order valence-corrected chi connectivity index (χ3v) is 4.58. The highest BCUT2D eigenvalue weighted by Crippen LogP contribution is 2.38. The third-order valence-electron chi connectivity index (χ3n) is 4.58. The summed E-state index contributed by atoms with van der Waals surface area (Å²) < 4.78 is 6.44. The van der Waals surface area contributed by atoms with Crippen LogP contribution in [0.15, 0.2) is 0 Å². The Hall–Kier alpha value is -0.120. The van der Waals surface area contributed by atoms with E-state index in [4.69, 9.17) is 4.74 Å². The van der Waals surface area contributed by atoms with Crippen molar-refractivity contribution in [2.24, 2.45) is 0 Å². The average Bonchev–Trinajstić information content (AvgIpc) is 2.30. The van der Waals surface area contributed by atoms with E-state index < -0.39 is 0 Å². The van der Waals surface area contributed by atoms with E-state index in [-0.39, 0.29) is 5.72 Å². The van der Waals surface area contributed by atoms with Crippen molar-refractivity contribution in [3.8, 4) is 0 Å². The van der Waals surface area contributed by atoms with Crippen molar-refractivity contribution >= 4 is 0 Å². The van der Waals surface area contributed by atoms with Crippen LogP contribution in [-0.2, 0) is 4.74 Å². The Morgan fingerprint density at radius 3 is 2.62 bits per heavy atom. The Bertz CT molecular complexity index is 250. The van der Waals surface area contributed by atoms with Crippen molar-refractivity contribution in [1.82, 2.24) is 10.4 Å². The van der Waals surface area contributed by atoms with Gasteiger partial charge in [0.2, 0.25) is 0 Å². The van der Waals surface area contributed by atoms with Crippen molar-refractivity contribution in [1.29, 1.82) is 0 Å². The topological polar surface area (TPSA) is 24.5 Å². The highest BCUT2D eigenvalue weighted by atomic mass is 16.5. The summed E-state index contributed by atoms with van der Waals surface area (Å²) in [7, 11) is 2.21. The number of nitrogens with one attached hydrogen (secondary N) is 1. The Morgan fingerprint density at radius 2 is 1.81 bits per heavy atom. The smallest absolute Gasteiger partial charge is 0.132 e. The van der Waals surface area contributed by atoms with Crippen LogP contribution in [0.25, 0.3) is 0 Å². The summed E-state index contributed by atoms with van der Waals surface area (Å²) in [5, 5.41) is 2.36. The lowest BCUT2D eigenvalue weighted by molar-refractivity contribution is -0.239. The van der Waals surface area contributed by atoms with Crippen molar-refractivity contribution in [3.63, 3.8) is 0 Å². The zero-order valence-corrected chi connectivity index (χ0v) is 10.4. The largest absolute Gasteiger partial charge is 0.354 e. The van der Waals surface area contributed by atoms with Gasteiger partial charge in [-0.1, -0.05) is 19.3 Å². The average molecular weight is 224 g/mol. The summed E-state index contributed by atoms with van der Waals surface area (Å²) in [6.45, 7) is 0. The van der Waals surface area contributed by atoms with E-state index in [1.165, 1.54) is 57.8 Å². The first kappa shape index (κ1) is 11.0. The number of hydrazine groups is 1. The van der Waals surface area contributed by atoms with Crippen LogP contribution in [0, 0.1) is 0 Å². The first-order chi connectivity index (χ1) is 7.79.